The van der Waals surface area contributed by atoms with Crippen molar-refractivity contribution in [1.82, 2.24) is 10.0 Å². The average Bonchev–Trinajstić information content (AvgIpc) is 2.81. The Hall–Kier alpha value is -3.47. The van der Waals surface area contributed by atoms with Gasteiger partial charge in [-0.05, 0) is 63.6 Å². The monoisotopic (exact) mass is 507 g/mol. The van der Waals surface area contributed by atoms with Gasteiger partial charge in [0.15, 0.2) is 11.5 Å². The second-order valence-electron chi connectivity index (χ2n) is 7.29. The fourth-order valence-corrected chi connectivity index (χ4v) is 3.96. The maximum atomic E-state index is 12.9. The lowest BCUT2D eigenvalue weighted by Crippen LogP contribution is -2.39. The lowest BCUT2D eigenvalue weighted by molar-refractivity contribution is 0.102. The normalized spacial score (nSPS) is 10.9. The van der Waals surface area contributed by atoms with Gasteiger partial charge < -0.3 is 24.8 Å². The molecule has 2 aromatic rings. The van der Waals surface area contributed by atoms with Crippen molar-refractivity contribution < 1.29 is 32.2 Å². The number of sulfonamides is 1. The Morgan fingerprint density at radius 2 is 1.43 bits per heavy atom. The highest BCUT2D eigenvalue weighted by atomic mass is 32.2. The number of nitrogens with one attached hydrogen (secondary N) is 3. The minimum atomic E-state index is -4.05. The molecule has 2 rings (SSSR count). The highest BCUT2D eigenvalue weighted by Crippen LogP contribution is 2.39. The van der Waals surface area contributed by atoms with Crippen LogP contribution >= 0.6 is 0 Å². The van der Waals surface area contributed by atoms with Crippen molar-refractivity contribution in [2.75, 3.05) is 31.7 Å². The number of hydrogen-bond donors (Lipinski definition) is 3. The molecule has 0 aromatic heterocycles. The molecular weight excluding hydrogens is 474 g/mol. The van der Waals surface area contributed by atoms with Crippen LogP contribution in [0.1, 0.15) is 50.9 Å². The van der Waals surface area contributed by atoms with Gasteiger partial charge in [-0.1, -0.05) is 13.3 Å². The van der Waals surface area contributed by atoms with Crippen LogP contribution < -0.4 is 29.6 Å². The maximum absolute atomic E-state index is 12.9. The van der Waals surface area contributed by atoms with Crippen LogP contribution in [0.25, 0.3) is 0 Å². The van der Waals surface area contributed by atoms with Gasteiger partial charge in [0.25, 0.3) is 15.9 Å². The molecular formula is C24H33N3O7S. The Bertz CT molecular complexity index is 1080. The summed E-state index contributed by atoms with van der Waals surface area (Å²) in [6.45, 7) is 8.96. The first-order chi connectivity index (χ1) is 16.7. The zero-order chi connectivity index (χ0) is 25.8. The third-order valence-electron chi connectivity index (χ3n) is 4.64. The van der Waals surface area contributed by atoms with Crippen LogP contribution in [0.15, 0.2) is 41.3 Å². The van der Waals surface area contributed by atoms with Crippen molar-refractivity contribution in [3.63, 3.8) is 0 Å². The predicted octanol–water partition coefficient (Wildman–Crippen LogP) is 3.92. The second-order valence-corrected chi connectivity index (χ2v) is 8.98. The number of anilines is 1. The molecule has 0 radical (unpaired) electrons. The summed E-state index contributed by atoms with van der Waals surface area (Å²) >= 11 is 0. The summed E-state index contributed by atoms with van der Waals surface area (Å²) < 4.78 is 43.7. The first-order valence-corrected chi connectivity index (χ1v) is 13.0. The Morgan fingerprint density at radius 1 is 0.857 bits per heavy atom. The molecule has 0 atom stereocenters. The molecule has 0 fully saturated rings. The van der Waals surface area contributed by atoms with E-state index in [4.69, 9.17) is 14.2 Å². The first-order valence-electron chi connectivity index (χ1n) is 11.5. The van der Waals surface area contributed by atoms with Crippen LogP contribution in [0.3, 0.4) is 0 Å². The van der Waals surface area contributed by atoms with Crippen LogP contribution in [0.4, 0.5) is 10.5 Å². The molecule has 3 N–H and O–H groups in total. The van der Waals surface area contributed by atoms with Gasteiger partial charge in [-0.2, -0.15) is 0 Å². The molecule has 0 bridgehead atoms. The summed E-state index contributed by atoms with van der Waals surface area (Å²) in [4.78, 5) is 24.6. The van der Waals surface area contributed by atoms with E-state index in [0.717, 1.165) is 12.8 Å². The smallest absolute Gasteiger partial charge is 0.328 e. The lowest BCUT2D eigenvalue weighted by Gasteiger charge is -2.17. The Morgan fingerprint density at radius 3 is 1.94 bits per heavy atom. The van der Waals surface area contributed by atoms with Gasteiger partial charge in [-0.3, -0.25) is 4.79 Å². The minimum Gasteiger partial charge on any atom is -0.490 e. The van der Waals surface area contributed by atoms with Crippen LogP contribution in [0.5, 0.6) is 17.2 Å². The van der Waals surface area contributed by atoms with E-state index in [-0.39, 0.29) is 10.5 Å². The van der Waals surface area contributed by atoms with Crippen molar-refractivity contribution in [2.45, 2.75) is 45.4 Å². The van der Waals surface area contributed by atoms with E-state index in [9.17, 15) is 18.0 Å². The van der Waals surface area contributed by atoms with E-state index in [0.29, 0.717) is 49.3 Å². The number of hydrogen-bond acceptors (Lipinski definition) is 7. The van der Waals surface area contributed by atoms with Crippen LogP contribution in [0.2, 0.25) is 0 Å². The summed E-state index contributed by atoms with van der Waals surface area (Å²) in [5, 5.41) is 5.21. The van der Waals surface area contributed by atoms with Crippen LogP contribution in [-0.4, -0.2) is 46.7 Å². The van der Waals surface area contributed by atoms with Gasteiger partial charge in [0.1, 0.15) is 0 Å². The molecule has 0 aliphatic rings. The van der Waals surface area contributed by atoms with Crippen molar-refractivity contribution in [3.05, 3.63) is 42.0 Å². The first kappa shape index (κ1) is 27.8. The van der Waals surface area contributed by atoms with Gasteiger partial charge >= 0.3 is 6.03 Å². The number of rotatable bonds is 13. The molecule has 3 amide bonds. The maximum Gasteiger partial charge on any atom is 0.328 e. The standard InChI is InChI=1S/C24H33N3O7S/c1-5-9-14-25-24(29)27-35(30,31)19-12-10-18(11-13-19)26-23(28)17-15-20(32-6-2)22(34-8-4)21(16-17)33-7-3/h10-13,15-16H,5-9,14H2,1-4H3,(H,26,28)(H2,25,27,29). The summed E-state index contributed by atoms with van der Waals surface area (Å²) in [6.07, 6.45) is 1.62. The Balaban J connectivity index is 2.18. The molecule has 35 heavy (non-hydrogen) atoms. The van der Waals surface area contributed by atoms with Gasteiger partial charge in [-0.25, -0.2) is 17.9 Å². The van der Waals surface area contributed by atoms with Crippen molar-refractivity contribution >= 4 is 27.6 Å². The van der Waals surface area contributed by atoms with Gasteiger partial charge in [0.05, 0.1) is 24.7 Å². The van der Waals surface area contributed by atoms with Crippen molar-refractivity contribution in [1.29, 1.82) is 0 Å². The molecule has 0 heterocycles. The second kappa shape index (κ2) is 13.4. The highest BCUT2D eigenvalue weighted by molar-refractivity contribution is 7.90. The highest BCUT2D eigenvalue weighted by Gasteiger charge is 2.20. The van der Waals surface area contributed by atoms with E-state index in [2.05, 4.69) is 10.6 Å². The number of carbonyl (C=O) groups is 2. The third-order valence-corrected chi connectivity index (χ3v) is 5.98. The van der Waals surface area contributed by atoms with E-state index < -0.39 is 22.0 Å². The lowest BCUT2D eigenvalue weighted by atomic mass is 10.1. The molecule has 192 valence electrons. The molecule has 11 heteroatoms. The third kappa shape index (κ3) is 8.06. The summed E-state index contributed by atoms with van der Waals surface area (Å²) in [5.41, 5.74) is 0.647. The van der Waals surface area contributed by atoms with Crippen molar-refractivity contribution in [3.8, 4) is 17.2 Å². The van der Waals surface area contributed by atoms with Gasteiger partial charge in [0, 0.05) is 17.8 Å². The largest absolute Gasteiger partial charge is 0.490 e. The summed E-state index contributed by atoms with van der Waals surface area (Å²) in [7, 11) is -4.05. The number of unbranched alkanes of at least 4 members (excludes halogenated alkanes) is 1. The van der Waals surface area contributed by atoms with Crippen LogP contribution in [0, 0.1) is 0 Å². The number of urea groups is 1. The van der Waals surface area contributed by atoms with Crippen molar-refractivity contribution in [2.24, 2.45) is 0 Å². The van der Waals surface area contributed by atoms with Gasteiger partial charge in [0.2, 0.25) is 5.75 Å². The molecule has 0 aliphatic heterocycles. The number of benzene rings is 2. The SMILES string of the molecule is CCCCNC(=O)NS(=O)(=O)c1ccc(NC(=O)c2cc(OCC)c(OCC)c(OCC)c2)cc1. The number of ether oxygens (including phenoxy) is 3. The zero-order valence-electron chi connectivity index (χ0n) is 20.5. The molecule has 2 aromatic carbocycles. The molecule has 0 aliphatic carbocycles. The Labute approximate surface area is 206 Å². The average molecular weight is 508 g/mol. The van der Waals surface area contributed by atoms with E-state index in [1.54, 1.807) is 12.1 Å². The fourth-order valence-electron chi connectivity index (χ4n) is 3.04. The molecule has 0 saturated heterocycles. The summed E-state index contributed by atoms with van der Waals surface area (Å²) in [6, 6.07) is 7.80. The van der Waals surface area contributed by atoms with Gasteiger partial charge in [-0.15, -0.1) is 0 Å². The van der Waals surface area contributed by atoms with E-state index >= 15 is 0 Å². The topological polar surface area (TPSA) is 132 Å². The molecule has 0 saturated carbocycles. The Kier molecular flexibility index (Phi) is 10.7. The predicted molar refractivity (Wildman–Crippen MR) is 133 cm³/mol. The van der Waals surface area contributed by atoms with E-state index in [1.165, 1.54) is 24.3 Å². The summed E-state index contributed by atoms with van der Waals surface area (Å²) in [5.74, 6) is 0.748. The van der Waals surface area contributed by atoms with Crippen LogP contribution in [-0.2, 0) is 10.0 Å². The molecule has 0 spiro atoms. The minimum absolute atomic E-state index is 0.112. The quantitative estimate of drug-likeness (QED) is 0.350. The molecule has 10 nitrogen and oxygen atoms in total. The molecule has 0 unspecified atom stereocenters. The number of carbonyl (C=O) groups excluding carboxylic acids is 2. The van der Waals surface area contributed by atoms with E-state index in [1.807, 2.05) is 32.4 Å². The number of amides is 3. The fraction of sp³-hybridized carbons (Fsp3) is 0.417. The zero-order valence-corrected chi connectivity index (χ0v) is 21.3.